The lowest BCUT2D eigenvalue weighted by molar-refractivity contribution is 0.0696. The van der Waals surface area contributed by atoms with Crippen LogP contribution in [0.5, 0.6) is 0 Å². The van der Waals surface area contributed by atoms with Crippen LogP contribution in [0.3, 0.4) is 0 Å². The van der Waals surface area contributed by atoms with Crippen LogP contribution >= 0.6 is 15.9 Å². The van der Waals surface area contributed by atoms with Gasteiger partial charge < -0.3 is 10.4 Å². The summed E-state index contributed by atoms with van der Waals surface area (Å²) in [6.07, 6.45) is 0. The molecule has 0 aliphatic carbocycles. The summed E-state index contributed by atoms with van der Waals surface area (Å²) >= 11 is 3.26. The van der Waals surface area contributed by atoms with E-state index in [0.717, 1.165) is 5.69 Å². The lowest BCUT2D eigenvalue weighted by Crippen LogP contribution is -2.17. The van der Waals surface area contributed by atoms with Crippen molar-refractivity contribution in [2.24, 2.45) is 0 Å². The van der Waals surface area contributed by atoms with Gasteiger partial charge in [0.2, 0.25) is 0 Å². The van der Waals surface area contributed by atoms with Crippen molar-refractivity contribution in [3.05, 3.63) is 45.7 Å². The van der Waals surface area contributed by atoms with Crippen molar-refractivity contribution in [1.82, 2.24) is 9.78 Å². The molecule has 1 heterocycles. The van der Waals surface area contributed by atoms with Crippen LogP contribution in [0.2, 0.25) is 0 Å². The normalized spacial score (nSPS) is 10.4. The van der Waals surface area contributed by atoms with Crippen molar-refractivity contribution in [3.8, 4) is 0 Å². The zero-order chi connectivity index (χ0) is 15.6. The first-order chi connectivity index (χ1) is 9.92. The van der Waals surface area contributed by atoms with E-state index in [9.17, 15) is 9.59 Å². The van der Waals surface area contributed by atoms with Gasteiger partial charge in [-0.15, -0.1) is 0 Å². The maximum Gasteiger partial charge on any atom is 0.335 e. The molecule has 1 amide bonds. The summed E-state index contributed by atoms with van der Waals surface area (Å²) < 4.78 is 2.12. The van der Waals surface area contributed by atoms with Gasteiger partial charge in [0.15, 0.2) is 0 Å². The molecule has 21 heavy (non-hydrogen) atoms. The summed E-state index contributed by atoms with van der Waals surface area (Å²) in [5, 5.41) is 15.9. The van der Waals surface area contributed by atoms with Crippen molar-refractivity contribution in [2.75, 3.05) is 5.32 Å². The van der Waals surface area contributed by atoms with Crippen LogP contribution < -0.4 is 5.32 Å². The average Bonchev–Trinajstić information content (AvgIpc) is 2.82. The maximum atomic E-state index is 12.3. The smallest absolute Gasteiger partial charge is 0.335 e. The molecule has 2 rings (SSSR count). The number of nitrogens with one attached hydrogen (secondary N) is 1. The van der Waals surface area contributed by atoms with Gasteiger partial charge in [-0.25, -0.2) is 4.79 Å². The van der Waals surface area contributed by atoms with Gasteiger partial charge >= 0.3 is 5.97 Å². The van der Waals surface area contributed by atoms with Crippen molar-refractivity contribution in [1.29, 1.82) is 0 Å². The molecule has 2 aromatic rings. The summed E-state index contributed by atoms with van der Waals surface area (Å²) in [6.45, 7) is 4.32. The van der Waals surface area contributed by atoms with Gasteiger partial charge in [0.1, 0.15) is 5.69 Å². The second kappa shape index (κ2) is 6.09. The number of aromatic nitrogens is 2. The minimum absolute atomic E-state index is 0.148. The fourth-order valence-electron chi connectivity index (χ4n) is 1.91. The molecule has 0 radical (unpaired) electrons. The van der Waals surface area contributed by atoms with Crippen molar-refractivity contribution in [3.63, 3.8) is 0 Å². The summed E-state index contributed by atoms with van der Waals surface area (Å²) in [7, 11) is 0. The van der Waals surface area contributed by atoms with Crippen molar-refractivity contribution >= 4 is 33.5 Å². The number of carboxylic acids is 1. The summed E-state index contributed by atoms with van der Waals surface area (Å²) in [4.78, 5) is 23.1. The zero-order valence-electron chi connectivity index (χ0n) is 11.6. The zero-order valence-corrected chi connectivity index (χ0v) is 13.1. The van der Waals surface area contributed by atoms with E-state index in [1.54, 1.807) is 16.8 Å². The first-order valence-corrected chi connectivity index (χ1v) is 7.10. The number of aromatic carboxylic acids is 1. The molecule has 0 fully saturated rings. The van der Waals surface area contributed by atoms with E-state index in [2.05, 4.69) is 26.3 Å². The number of carbonyl (C=O) groups is 2. The Kier molecular flexibility index (Phi) is 4.42. The van der Waals surface area contributed by atoms with Crippen LogP contribution in [0.25, 0.3) is 0 Å². The predicted molar refractivity (Wildman–Crippen MR) is 81.7 cm³/mol. The number of carboxylic acid groups (broad SMARTS) is 1. The molecule has 1 aromatic carbocycles. The number of aryl methyl sites for hydroxylation is 2. The SMILES string of the molecule is CCn1nc(C)cc1C(=O)Nc1ccc(C(=O)O)cc1Br. The van der Waals surface area contributed by atoms with Crippen LogP contribution in [0.1, 0.15) is 33.5 Å². The predicted octanol–water partition coefficient (Wildman–Crippen LogP) is 2.92. The lowest BCUT2D eigenvalue weighted by atomic mass is 10.2. The first-order valence-electron chi connectivity index (χ1n) is 6.31. The fraction of sp³-hybridized carbons (Fsp3) is 0.214. The Bertz CT molecular complexity index is 709. The monoisotopic (exact) mass is 351 g/mol. The molecule has 0 atom stereocenters. The summed E-state index contributed by atoms with van der Waals surface area (Å²) in [5.74, 6) is -1.31. The van der Waals surface area contributed by atoms with E-state index in [0.29, 0.717) is 22.4 Å². The topological polar surface area (TPSA) is 84.2 Å². The van der Waals surface area contributed by atoms with Gasteiger partial charge in [-0.1, -0.05) is 0 Å². The van der Waals surface area contributed by atoms with E-state index < -0.39 is 5.97 Å². The molecule has 2 N–H and O–H groups in total. The highest BCUT2D eigenvalue weighted by Crippen LogP contribution is 2.24. The second-order valence-corrected chi connectivity index (χ2v) is 5.29. The Morgan fingerprint density at radius 2 is 2.10 bits per heavy atom. The van der Waals surface area contributed by atoms with Gasteiger partial charge in [-0.3, -0.25) is 9.48 Å². The highest BCUT2D eigenvalue weighted by Gasteiger charge is 2.15. The van der Waals surface area contributed by atoms with Gasteiger partial charge in [0.25, 0.3) is 5.91 Å². The van der Waals surface area contributed by atoms with Crippen LogP contribution in [-0.4, -0.2) is 26.8 Å². The highest BCUT2D eigenvalue weighted by molar-refractivity contribution is 9.10. The molecule has 0 unspecified atom stereocenters. The Morgan fingerprint density at radius 3 is 2.67 bits per heavy atom. The van der Waals surface area contributed by atoms with Gasteiger partial charge in [-0.2, -0.15) is 5.10 Å². The Balaban J connectivity index is 2.25. The molecule has 0 aliphatic heterocycles. The third-order valence-corrected chi connectivity index (χ3v) is 3.55. The first kappa shape index (κ1) is 15.2. The Labute approximate surface area is 129 Å². The van der Waals surface area contributed by atoms with Gasteiger partial charge in [0.05, 0.1) is 16.9 Å². The Morgan fingerprint density at radius 1 is 1.38 bits per heavy atom. The summed E-state index contributed by atoms with van der Waals surface area (Å²) in [5.41, 5.74) is 1.88. The fourth-order valence-corrected chi connectivity index (χ4v) is 2.38. The number of hydrogen-bond donors (Lipinski definition) is 2. The standard InChI is InChI=1S/C14H14BrN3O3/c1-3-18-12(6-8(2)17-18)13(19)16-11-5-4-9(14(20)21)7-10(11)15/h4-7H,3H2,1-2H3,(H,16,19)(H,20,21). The molecular formula is C14H14BrN3O3. The van der Waals surface area contributed by atoms with Gasteiger partial charge in [0, 0.05) is 11.0 Å². The molecule has 1 aromatic heterocycles. The van der Waals surface area contributed by atoms with Crippen molar-refractivity contribution in [2.45, 2.75) is 20.4 Å². The van der Waals surface area contributed by atoms with E-state index in [1.165, 1.54) is 12.1 Å². The molecule has 0 saturated carbocycles. The molecule has 0 bridgehead atoms. The number of benzene rings is 1. The van der Waals surface area contributed by atoms with E-state index in [1.807, 2.05) is 13.8 Å². The lowest BCUT2D eigenvalue weighted by Gasteiger charge is -2.09. The third kappa shape index (κ3) is 3.30. The molecule has 0 saturated heterocycles. The van der Waals surface area contributed by atoms with Crippen LogP contribution in [0.15, 0.2) is 28.7 Å². The van der Waals surface area contributed by atoms with E-state index in [4.69, 9.17) is 5.11 Å². The number of rotatable bonds is 4. The number of amides is 1. The van der Waals surface area contributed by atoms with E-state index >= 15 is 0 Å². The number of anilines is 1. The quantitative estimate of drug-likeness (QED) is 0.886. The maximum absolute atomic E-state index is 12.3. The minimum atomic E-state index is -1.02. The van der Waals surface area contributed by atoms with Crippen LogP contribution in [0, 0.1) is 6.92 Å². The Hall–Kier alpha value is -2.15. The van der Waals surface area contributed by atoms with Crippen molar-refractivity contribution < 1.29 is 14.7 Å². The number of nitrogens with zero attached hydrogens (tertiary/aromatic N) is 2. The van der Waals surface area contributed by atoms with Crippen LogP contribution in [0.4, 0.5) is 5.69 Å². The number of carbonyl (C=O) groups excluding carboxylic acids is 1. The molecule has 6 nitrogen and oxygen atoms in total. The molecule has 0 spiro atoms. The number of hydrogen-bond acceptors (Lipinski definition) is 3. The molecule has 110 valence electrons. The minimum Gasteiger partial charge on any atom is -0.478 e. The summed E-state index contributed by atoms with van der Waals surface area (Å²) in [6, 6.07) is 6.13. The third-order valence-electron chi connectivity index (χ3n) is 2.90. The highest BCUT2D eigenvalue weighted by atomic mass is 79.9. The number of halogens is 1. The van der Waals surface area contributed by atoms with E-state index in [-0.39, 0.29) is 11.5 Å². The molecule has 0 aliphatic rings. The average molecular weight is 352 g/mol. The molecule has 7 heteroatoms. The second-order valence-electron chi connectivity index (χ2n) is 4.44. The molecular weight excluding hydrogens is 338 g/mol. The van der Waals surface area contributed by atoms with Crippen LogP contribution in [-0.2, 0) is 6.54 Å². The van der Waals surface area contributed by atoms with Gasteiger partial charge in [-0.05, 0) is 54.0 Å². The largest absolute Gasteiger partial charge is 0.478 e.